The highest BCUT2D eigenvalue weighted by atomic mass is 16.6. The lowest BCUT2D eigenvalue weighted by molar-refractivity contribution is -0.126. The molecule has 2 saturated heterocycles. The van der Waals surface area contributed by atoms with Crippen molar-refractivity contribution in [2.75, 3.05) is 19.6 Å². The predicted octanol–water partition coefficient (Wildman–Crippen LogP) is -1.35. The van der Waals surface area contributed by atoms with Crippen LogP contribution < -0.4 is 11.1 Å². The molecule has 0 radical (unpaired) electrons. The molecule has 0 aromatic carbocycles. The SMILES string of the molecule is NC(=O)C1CCN1C(=O)OC1CNC1. The third-order valence-corrected chi connectivity index (χ3v) is 2.59. The Morgan fingerprint density at radius 3 is 2.50 bits per heavy atom. The first-order chi connectivity index (χ1) is 6.68. The molecular formula is C8H13N3O3. The summed E-state index contributed by atoms with van der Waals surface area (Å²) in [6, 6.07) is -0.462. The van der Waals surface area contributed by atoms with Gasteiger partial charge in [-0.2, -0.15) is 0 Å². The van der Waals surface area contributed by atoms with Gasteiger partial charge in [0.1, 0.15) is 12.1 Å². The van der Waals surface area contributed by atoms with Gasteiger partial charge < -0.3 is 15.8 Å². The summed E-state index contributed by atoms with van der Waals surface area (Å²) < 4.78 is 5.09. The van der Waals surface area contributed by atoms with Crippen LogP contribution in [0.1, 0.15) is 6.42 Å². The van der Waals surface area contributed by atoms with Gasteiger partial charge in [0, 0.05) is 19.6 Å². The molecule has 2 heterocycles. The van der Waals surface area contributed by atoms with Crippen molar-refractivity contribution in [1.29, 1.82) is 0 Å². The monoisotopic (exact) mass is 199 g/mol. The lowest BCUT2D eigenvalue weighted by Crippen LogP contribution is -2.59. The van der Waals surface area contributed by atoms with Crippen LogP contribution in [0.15, 0.2) is 0 Å². The number of nitrogens with zero attached hydrogens (tertiary/aromatic N) is 1. The fraction of sp³-hybridized carbons (Fsp3) is 0.750. The molecule has 1 atom stereocenters. The highest BCUT2D eigenvalue weighted by molar-refractivity contribution is 5.85. The van der Waals surface area contributed by atoms with Gasteiger partial charge in [-0.1, -0.05) is 0 Å². The Morgan fingerprint density at radius 1 is 1.43 bits per heavy atom. The minimum absolute atomic E-state index is 0.0448. The molecule has 1 unspecified atom stereocenters. The van der Waals surface area contributed by atoms with Crippen molar-refractivity contribution in [3.63, 3.8) is 0 Å². The molecule has 14 heavy (non-hydrogen) atoms. The van der Waals surface area contributed by atoms with Crippen molar-refractivity contribution in [1.82, 2.24) is 10.2 Å². The maximum absolute atomic E-state index is 11.4. The number of nitrogens with one attached hydrogen (secondary N) is 1. The van der Waals surface area contributed by atoms with E-state index >= 15 is 0 Å². The lowest BCUT2D eigenvalue weighted by atomic mass is 10.0. The number of primary amides is 1. The van der Waals surface area contributed by atoms with Crippen molar-refractivity contribution in [2.24, 2.45) is 5.73 Å². The van der Waals surface area contributed by atoms with E-state index in [9.17, 15) is 9.59 Å². The Kier molecular flexibility index (Phi) is 2.28. The number of carbonyl (C=O) groups is 2. The van der Waals surface area contributed by atoms with Crippen molar-refractivity contribution in [2.45, 2.75) is 18.6 Å². The maximum Gasteiger partial charge on any atom is 0.410 e. The largest absolute Gasteiger partial charge is 0.443 e. The maximum atomic E-state index is 11.4. The van der Waals surface area contributed by atoms with E-state index in [1.165, 1.54) is 4.90 Å². The summed E-state index contributed by atoms with van der Waals surface area (Å²) in [6.07, 6.45) is 0.177. The predicted molar refractivity (Wildman–Crippen MR) is 47.4 cm³/mol. The Morgan fingerprint density at radius 2 is 2.14 bits per heavy atom. The number of hydrogen-bond acceptors (Lipinski definition) is 4. The topological polar surface area (TPSA) is 84.7 Å². The van der Waals surface area contributed by atoms with Gasteiger partial charge in [-0.3, -0.25) is 9.69 Å². The second-order valence-corrected chi connectivity index (χ2v) is 3.56. The molecule has 0 aromatic rings. The second kappa shape index (κ2) is 3.45. The van der Waals surface area contributed by atoms with E-state index in [1.54, 1.807) is 0 Å². The second-order valence-electron chi connectivity index (χ2n) is 3.56. The molecule has 0 spiro atoms. The van der Waals surface area contributed by atoms with Crippen LogP contribution in [0.5, 0.6) is 0 Å². The lowest BCUT2D eigenvalue weighted by Gasteiger charge is -2.39. The van der Waals surface area contributed by atoms with Gasteiger partial charge >= 0.3 is 6.09 Å². The molecule has 0 aromatic heterocycles. The minimum Gasteiger partial charge on any atom is -0.443 e. The molecule has 2 rings (SSSR count). The van der Waals surface area contributed by atoms with Crippen molar-refractivity contribution in [3.05, 3.63) is 0 Å². The molecule has 78 valence electrons. The van der Waals surface area contributed by atoms with Crippen LogP contribution in [0.3, 0.4) is 0 Å². The Bertz CT molecular complexity index is 265. The van der Waals surface area contributed by atoms with Crippen LogP contribution in [0.4, 0.5) is 4.79 Å². The third kappa shape index (κ3) is 1.52. The van der Waals surface area contributed by atoms with Crippen molar-refractivity contribution < 1.29 is 14.3 Å². The number of rotatable bonds is 2. The van der Waals surface area contributed by atoms with Gasteiger partial charge in [-0.05, 0) is 6.42 Å². The van der Waals surface area contributed by atoms with Crippen molar-refractivity contribution >= 4 is 12.0 Å². The van der Waals surface area contributed by atoms with Crippen LogP contribution in [-0.2, 0) is 9.53 Å². The smallest absolute Gasteiger partial charge is 0.410 e. The van der Waals surface area contributed by atoms with Gasteiger partial charge in [-0.25, -0.2) is 4.79 Å². The van der Waals surface area contributed by atoms with Gasteiger partial charge in [0.05, 0.1) is 0 Å². The van der Waals surface area contributed by atoms with E-state index in [2.05, 4.69) is 5.32 Å². The van der Waals surface area contributed by atoms with E-state index in [-0.39, 0.29) is 6.10 Å². The first kappa shape index (κ1) is 9.26. The minimum atomic E-state index is -0.462. The van der Waals surface area contributed by atoms with Crippen LogP contribution in [0.25, 0.3) is 0 Å². The molecule has 2 aliphatic rings. The fourth-order valence-corrected chi connectivity index (χ4v) is 1.46. The molecule has 0 aliphatic carbocycles. The van der Waals surface area contributed by atoms with E-state index in [4.69, 9.17) is 10.5 Å². The van der Waals surface area contributed by atoms with E-state index in [1.807, 2.05) is 0 Å². The number of nitrogens with two attached hydrogens (primary N) is 1. The fourth-order valence-electron chi connectivity index (χ4n) is 1.46. The highest BCUT2D eigenvalue weighted by Gasteiger charge is 2.38. The van der Waals surface area contributed by atoms with Crippen LogP contribution >= 0.6 is 0 Å². The molecule has 2 amide bonds. The van der Waals surface area contributed by atoms with Crippen molar-refractivity contribution in [3.8, 4) is 0 Å². The summed E-state index contributed by atoms with van der Waals surface area (Å²) in [6.45, 7) is 1.95. The van der Waals surface area contributed by atoms with Gasteiger partial charge in [-0.15, -0.1) is 0 Å². The molecule has 3 N–H and O–H groups in total. The molecule has 0 saturated carbocycles. The molecule has 6 heteroatoms. The van der Waals surface area contributed by atoms with Crippen LogP contribution in [0, 0.1) is 0 Å². The van der Waals surface area contributed by atoms with Gasteiger partial charge in [0.25, 0.3) is 0 Å². The zero-order valence-electron chi connectivity index (χ0n) is 7.73. The third-order valence-electron chi connectivity index (χ3n) is 2.59. The van der Waals surface area contributed by atoms with Crippen LogP contribution in [0.2, 0.25) is 0 Å². The van der Waals surface area contributed by atoms with E-state index in [0.29, 0.717) is 26.1 Å². The number of amides is 2. The standard InChI is InChI=1S/C8H13N3O3/c9-7(12)6-1-2-11(6)8(13)14-5-3-10-4-5/h5-6,10H,1-4H2,(H2,9,12). The zero-order valence-corrected chi connectivity index (χ0v) is 7.73. The highest BCUT2D eigenvalue weighted by Crippen LogP contribution is 2.18. The summed E-state index contributed by atoms with van der Waals surface area (Å²) in [4.78, 5) is 23.6. The summed E-state index contributed by atoms with van der Waals surface area (Å²) >= 11 is 0. The number of ether oxygens (including phenoxy) is 1. The van der Waals surface area contributed by atoms with Gasteiger partial charge in [0.2, 0.25) is 5.91 Å². The molecule has 2 aliphatic heterocycles. The normalized spacial score (nSPS) is 26.3. The average molecular weight is 199 g/mol. The van der Waals surface area contributed by atoms with Gasteiger partial charge in [0.15, 0.2) is 0 Å². The zero-order chi connectivity index (χ0) is 10.1. The quantitative estimate of drug-likeness (QED) is 0.576. The summed E-state index contributed by atoms with van der Waals surface area (Å²) in [7, 11) is 0. The Hall–Kier alpha value is -1.30. The summed E-state index contributed by atoms with van der Waals surface area (Å²) in [5.41, 5.74) is 5.10. The first-order valence-electron chi connectivity index (χ1n) is 4.66. The van der Waals surface area contributed by atoms with E-state index in [0.717, 1.165) is 0 Å². The molecule has 2 fully saturated rings. The average Bonchev–Trinajstić information content (AvgIpc) is 1.93. The number of carbonyl (C=O) groups excluding carboxylic acids is 2. The number of likely N-dealkylation sites (tertiary alicyclic amines) is 1. The number of hydrogen-bond donors (Lipinski definition) is 2. The van der Waals surface area contributed by atoms with E-state index < -0.39 is 18.0 Å². The Balaban J connectivity index is 1.82. The molecular weight excluding hydrogens is 186 g/mol. The first-order valence-corrected chi connectivity index (χ1v) is 4.66. The van der Waals surface area contributed by atoms with Crippen LogP contribution in [-0.4, -0.2) is 48.7 Å². The molecule has 0 bridgehead atoms. The Labute approximate surface area is 81.4 Å². The molecule has 6 nitrogen and oxygen atoms in total. The summed E-state index contributed by atoms with van der Waals surface area (Å²) in [5, 5.41) is 2.99. The summed E-state index contributed by atoms with van der Waals surface area (Å²) in [5.74, 6) is -0.458.